The van der Waals surface area contributed by atoms with E-state index in [0.29, 0.717) is 6.54 Å². The maximum Gasteiger partial charge on any atom is 0.153 e. The average molecular weight is 239 g/mol. The highest BCUT2D eigenvalue weighted by molar-refractivity contribution is 7.99. The highest BCUT2D eigenvalue weighted by atomic mass is 32.2. The molecule has 0 atom stereocenters. The van der Waals surface area contributed by atoms with Crippen LogP contribution in [0.4, 0.5) is 0 Å². The molecule has 0 unspecified atom stereocenters. The third-order valence-electron chi connectivity index (χ3n) is 2.18. The van der Waals surface area contributed by atoms with Crippen molar-refractivity contribution in [3.05, 3.63) is 0 Å². The molecule has 86 valence electrons. The Kier molecular flexibility index (Phi) is 6.09. The van der Waals surface area contributed by atoms with Crippen LogP contribution < -0.4 is 5.32 Å². The normalized spacial score (nSPS) is 13.1. The summed E-state index contributed by atoms with van der Waals surface area (Å²) in [5, 5.41) is 3.17. The van der Waals surface area contributed by atoms with Gasteiger partial charge in [0.25, 0.3) is 0 Å². The van der Waals surface area contributed by atoms with Crippen molar-refractivity contribution in [2.45, 2.75) is 25.5 Å². The third-order valence-corrected chi connectivity index (χ3v) is 5.23. The molecule has 0 aliphatic heterocycles. The van der Waals surface area contributed by atoms with Crippen LogP contribution in [0, 0.1) is 0 Å². The zero-order chi connectivity index (χ0) is 11.2. The van der Waals surface area contributed by atoms with Crippen LogP contribution in [0.2, 0.25) is 0 Å². The lowest BCUT2D eigenvalue weighted by Crippen LogP contribution is -2.42. The van der Waals surface area contributed by atoms with Crippen LogP contribution in [0.1, 0.15) is 20.8 Å². The van der Waals surface area contributed by atoms with Gasteiger partial charge in [0.15, 0.2) is 9.84 Å². The van der Waals surface area contributed by atoms with E-state index in [1.165, 1.54) is 6.26 Å². The molecule has 1 N–H and O–H groups in total. The number of rotatable bonds is 7. The van der Waals surface area contributed by atoms with Gasteiger partial charge in [0.2, 0.25) is 0 Å². The first-order valence-electron chi connectivity index (χ1n) is 4.79. The van der Waals surface area contributed by atoms with Crippen LogP contribution in [0.5, 0.6) is 0 Å². The molecule has 0 aliphatic rings. The first kappa shape index (κ1) is 14.3. The maximum atomic E-state index is 11.3. The van der Waals surface area contributed by atoms with Crippen molar-refractivity contribution in [3.8, 4) is 0 Å². The number of hydrogen-bond donors (Lipinski definition) is 1. The molecule has 0 aliphatic carbocycles. The standard InChI is InChI=1S/C9H21NO2S2/c1-5-13-7-6-10-8-9(2,3)14(4,11)12/h10H,5-8H2,1-4H3. The van der Waals surface area contributed by atoms with Gasteiger partial charge >= 0.3 is 0 Å². The van der Waals surface area contributed by atoms with Crippen molar-refractivity contribution in [3.63, 3.8) is 0 Å². The summed E-state index contributed by atoms with van der Waals surface area (Å²) in [7, 11) is -2.96. The van der Waals surface area contributed by atoms with Gasteiger partial charge in [-0.3, -0.25) is 0 Å². The molecule has 0 radical (unpaired) electrons. The number of nitrogens with one attached hydrogen (secondary N) is 1. The third kappa shape index (κ3) is 5.22. The summed E-state index contributed by atoms with van der Waals surface area (Å²) in [6, 6.07) is 0. The van der Waals surface area contributed by atoms with Gasteiger partial charge in [-0.2, -0.15) is 11.8 Å². The van der Waals surface area contributed by atoms with E-state index in [4.69, 9.17) is 0 Å². The molecular formula is C9H21NO2S2. The summed E-state index contributed by atoms with van der Waals surface area (Å²) >= 11 is 1.85. The lowest BCUT2D eigenvalue weighted by Gasteiger charge is -2.22. The second kappa shape index (κ2) is 5.98. The monoisotopic (exact) mass is 239 g/mol. The lowest BCUT2D eigenvalue weighted by atomic mass is 10.2. The maximum absolute atomic E-state index is 11.3. The molecule has 0 saturated carbocycles. The van der Waals surface area contributed by atoms with Gasteiger partial charge in [0.05, 0.1) is 4.75 Å². The van der Waals surface area contributed by atoms with E-state index in [0.717, 1.165) is 18.1 Å². The molecule has 0 amide bonds. The smallest absolute Gasteiger partial charge is 0.153 e. The molecule has 0 fully saturated rings. The van der Waals surface area contributed by atoms with E-state index >= 15 is 0 Å². The summed E-state index contributed by atoms with van der Waals surface area (Å²) in [6.45, 7) is 7.02. The molecule has 0 saturated heterocycles. The summed E-state index contributed by atoms with van der Waals surface area (Å²) < 4.78 is 22.0. The van der Waals surface area contributed by atoms with Crippen molar-refractivity contribution >= 4 is 21.6 Å². The molecule has 0 aromatic rings. The molecule has 0 bridgehead atoms. The topological polar surface area (TPSA) is 46.2 Å². The van der Waals surface area contributed by atoms with Gasteiger partial charge in [-0.1, -0.05) is 6.92 Å². The second-order valence-corrected chi connectivity index (χ2v) is 7.95. The fourth-order valence-corrected chi connectivity index (χ4v) is 1.75. The molecular weight excluding hydrogens is 218 g/mol. The predicted molar refractivity (Wildman–Crippen MR) is 64.8 cm³/mol. The van der Waals surface area contributed by atoms with Gasteiger partial charge in [-0.05, 0) is 19.6 Å². The molecule has 14 heavy (non-hydrogen) atoms. The van der Waals surface area contributed by atoms with Crippen LogP contribution in [-0.4, -0.2) is 44.0 Å². The van der Waals surface area contributed by atoms with Crippen molar-refractivity contribution in [1.29, 1.82) is 0 Å². The fraction of sp³-hybridized carbons (Fsp3) is 1.00. The first-order valence-corrected chi connectivity index (χ1v) is 7.84. The van der Waals surface area contributed by atoms with Crippen molar-refractivity contribution < 1.29 is 8.42 Å². The van der Waals surface area contributed by atoms with Gasteiger partial charge in [-0.15, -0.1) is 0 Å². The summed E-state index contributed by atoms with van der Waals surface area (Å²) in [5.74, 6) is 2.15. The van der Waals surface area contributed by atoms with Gasteiger partial charge < -0.3 is 5.32 Å². The van der Waals surface area contributed by atoms with Gasteiger partial charge in [0, 0.05) is 25.1 Å². The van der Waals surface area contributed by atoms with Crippen LogP contribution in [0.15, 0.2) is 0 Å². The van der Waals surface area contributed by atoms with E-state index in [2.05, 4.69) is 12.2 Å². The Morgan fingerprint density at radius 3 is 2.36 bits per heavy atom. The molecule has 5 heteroatoms. The van der Waals surface area contributed by atoms with Crippen molar-refractivity contribution in [2.75, 3.05) is 30.9 Å². The minimum absolute atomic E-state index is 0.524. The van der Waals surface area contributed by atoms with E-state index in [1.807, 2.05) is 11.8 Å². The number of sulfone groups is 1. The Labute approximate surface area is 92.0 Å². The van der Waals surface area contributed by atoms with E-state index in [1.54, 1.807) is 13.8 Å². The zero-order valence-corrected chi connectivity index (χ0v) is 11.1. The quantitative estimate of drug-likeness (QED) is 0.677. The SMILES string of the molecule is CCSCCNCC(C)(C)S(C)(=O)=O. The highest BCUT2D eigenvalue weighted by Crippen LogP contribution is 2.13. The lowest BCUT2D eigenvalue weighted by molar-refractivity contribution is 0.528. The molecule has 0 rings (SSSR count). The average Bonchev–Trinajstić information content (AvgIpc) is 2.02. The largest absolute Gasteiger partial charge is 0.314 e. The number of thioether (sulfide) groups is 1. The Morgan fingerprint density at radius 1 is 1.36 bits per heavy atom. The molecule has 0 aromatic carbocycles. The van der Waals surface area contributed by atoms with Crippen LogP contribution in [-0.2, 0) is 9.84 Å². The van der Waals surface area contributed by atoms with Crippen molar-refractivity contribution in [2.24, 2.45) is 0 Å². The Hall–Kier alpha value is 0.260. The summed E-state index contributed by atoms with van der Waals surface area (Å²) in [6.07, 6.45) is 1.29. The van der Waals surface area contributed by atoms with Crippen LogP contribution in [0.25, 0.3) is 0 Å². The van der Waals surface area contributed by atoms with E-state index in [-0.39, 0.29) is 0 Å². The van der Waals surface area contributed by atoms with Crippen LogP contribution in [0.3, 0.4) is 0 Å². The van der Waals surface area contributed by atoms with Gasteiger partial charge in [0.1, 0.15) is 0 Å². The van der Waals surface area contributed by atoms with Crippen LogP contribution >= 0.6 is 11.8 Å². The minimum atomic E-state index is -2.96. The molecule has 0 spiro atoms. The van der Waals surface area contributed by atoms with E-state index < -0.39 is 14.6 Å². The Bertz CT molecular complexity index is 248. The fourth-order valence-electron chi connectivity index (χ4n) is 0.809. The summed E-state index contributed by atoms with van der Waals surface area (Å²) in [5.41, 5.74) is 0. The molecule has 0 aromatic heterocycles. The summed E-state index contributed by atoms with van der Waals surface area (Å²) in [4.78, 5) is 0. The number of hydrogen-bond acceptors (Lipinski definition) is 4. The first-order chi connectivity index (χ1) is 6.31. The highest BCUT2D eigenvalue weighted by Gasteiger charge is 2.29. The molecule has 0 heterocycles. The zero-order valence-electron chi connectivity index (χ0n) is 9.46. The van der Waals surface area contributed by atoms with Gasteiger partial charge in [-0.25, -0.2) is 8.42 Å². The Morgan fingerprint density at radius 2 is 1.93 bits per heavy atom. The van der Waals surface area contributed by atoms with E-state index in [9.17, 15) is 8.42 Å². The van der Waals surface area contributed by atoms with Crippen molar-refractivity contribution in [1.82, 2.24) is 5.32 Å². The second-order valence-electron chi connectivity index (χ2n) is 3.91. The minimum Gasteiger partial charge on any atom is -0.314 e. The predicted octanol–water partition coefficient (Wildman–Crippen LogP) is 1.15. The Balaban J connectivity index is 3.79. The molecule has 3 nitrogen and oxygen atoms in total.